The number of amides is 1. The van der Waals surface area contributed by atoms with Crippen LogP contribution in [0.1, 0.15) is 30.2 Å². The highest BCUT2D eigenvalue weighted by molar-refractivity contribution is 9.10. The molecular formula is C16H17BrF3NO2S. The molecule has 0 aliphatic heterocycles. The number of carbonyl (C=O) groups is 1. The van der Waals surface area contributed by atoms with Gasteiger partial charge in [0, 0.05) is 34.6 Å². The Labute approximate surface area is 150 Å². The molecule has 0 spiro atoms. The first kappa shape index (κ1) is 19.1. The molecular weight excluding hydrogens is 407 g/mol. The Morgan fingerprint density at radius 2 is 2.08 bits per heavy atom. The van der Waals surface area contributed by atoms with Crippen molar-refractivity contribution in [2.24, 2.45) is 0 Å². The molecule has 0 atom stereocenters. The Hall–Kier alpha value is -1.28. The number of rotatable bonds is 6. The van der Waals surface area contributed by atoms with Crippen LogP contribution in [0.2, 0.25) is 0 Å². The molecule has 3 nitrogen and oxygen atoms in total. The summed E-state index contributed by atoms with van der Waals surface area (Å²) < 4.78 is 44.1. The zero-order valence-corrected chi connectivity index (χ0v) is 15.6. The van der Waals surface area contributed by atoms with Crippen molar-refractivity contribution in [1.29, 1.82) is 0 Å². The van der Waals surface area contributed by atoms with E-state index < -0.39 is 12.6 Å². The van der Waals surface area contributed by atoms with Gasteiger partial charge in [-0.2, -0.15) is 13.2 Å². The molecule has 2 aromatic rings. The first-order valence-electron chi connectivity index (χ1n) is 7.33. The number of ether oxygens (including phenoxy) is 1. The molecule has 1 heterocycles. The predicted octanol–water partition coefficient (Wildman–Crippen LogP) is 5.33. The summed E-state index contributed by atoms with van der Waals surface area (Å²) in [7, 11) is 0. The third-order valence-electron chi connectivity index (χ3n) is 3.32. The van der Waals surface area contributed by atoms with Crippen molar-refractivity contribution < 1.29 is 22.7 Å². The molecule has 0 bridgehead atoms. The molecule has 0 radical (unpaired) electrons. The maximum atomic E-state index is 12.2. The fraction of sp³-hybridized carbons (Fsp3) is 0.438. The Morgan fingerprint density at radius 1 is 1.38 bits per heavy atom. The highest BCUT2D eigenvalue weighted by Gasteiger charge is 2.26. The standard InChI is InChI=1S/C16H17BrF3NO2S/c1-9-14(17)12-6-11(8-21-10(2)22)7-13(15(12)24-9)23-5-3-4-16(18,19)20/h6-7H,3-5,8H2,1-2H3,(H,21,22). The molecule has 24 heavy (non-hydrogen) atoms. The van der Waals surface area contributed by atoms with Crippen LogP contribution in [0.15, 0.2) is 16.6 Å². The monoisotopic (exact) mass is 423 g/mol. The zero-order valence-electron chi connectivity index (χ0n) is 13.2. The molecule has 1 amide bonds. The number of hydrogen-bond donors (Lipinski definition) is 1. The molecule has 1 aromatic carbocycles. The summed E-state index contributed by atoms with van der Waals surface area (Å²) in [5.74, 6) is 0.400. The van der Waals surface area contributed by atoms with Crippen LogP contribution in [-0.2, 0) is 11.3 Å². The van der Waals surface area contributed by atoms with Crippen LogP contribution < -0.4 is 10.1 Å². The second-order valence-electron chi connectivity index (χ2n) is 5.42. The van der Waals surface area contributed by atoms with Gasteiger partial charge in [0.05, 0.1) is 11.3 Å². The normalized spacial score (nSPS) is 11.8. The molecule has 1 aromatic heterocycles. The summed E-state index contributed by atoms with van der Waals surface area (Å²) in [6.45, 7) is 3.71. The number of halogens is 4. The van der Waals surface area contributed by atoms with Crippen molar-refractivity contribution in [2.75, 3.05) is 6.61 Å². The molecule has 2 rings (SSSR count). The van der Waals surface area contributed by atoms with Crippen LogP contribution in [0.25, 0.3) is 10.1 Å². The van der Waals surface area contributed by atoms with Crippen molar-refractivity contribution in [3.05, 3.63) is 27.0 Å². The molecule has 0 aliphatic rings. The number of alkyl halides is 3. The molecule has 8 heteroatoms. The van der Waals surface area contributed by atoms with Crippen LogP contribution in [0, 0.1) is 6.92 Å². The van der Waals surface area contributed by atoms with Gasteiger partial charge in [0.1, 0.15) is 5.75 Å². The topological polar surface area (TPSA) is 38.3 Å². The van der Waals surface area contributed by atoms with Crippen LogP contribution in [0.3, 0.4) is 0 Å². The third-order valence-corrected chi connectivity index (χ3v) is 5.74. The van der Waals surface area contributed by atoms with Gasteiger partial charge in [-0.05, 0) is 47.0 Å². The van der Waals surface area contributed by atoms with Crippen LogP contribution in [0.4, 0.5) is 13.2 Å². The van der Waals surface area contributed by atoms with Gasteiger partial charge in [-0.15, -0.1) is 11.3 Å². The van der Waals surface area contributed by atoms with Crippen molar-refractivity contribution in [3.63, 3.8) is 0 Å². The van der Waals surface area contributed by atoms with Crippen LogP contribution in [0.5, 0.6) is 5.75 Å². The fourth-order valence-electron chi connectivity index (χ4n) is 2.21. The largest absolute Gasteiger partial charge is 0.492 e. The maximum absolute atomic E-state index is 12.2. The van der Waals surface area contributed by atoms with Gasteiger partial charge in [-0.25, -0.2) is 0 Å². The molecule has 0 fully saturated rings. The summed E-state index contributed by atoms with van der Waals surface area (Å²) in [5.41, 5.74) is 0.835. The smallest absolute Gasteiger partial charge is 0.389 e. The van der Waals surface area contributed by atoms with Gasteiger partial charge in [0.25, 0.3) is 0 Å². The summed E-state index contributed by atoms with van der Waals surface area (Å²) in [6.07, 6.45) is -5.13. The lowest BCUT2D eigenvalue weighted by Crippen LogP contribution is -2.18. The van der Waals surface area contributed by atoms with Crippen LogP contribution in [-0.4, -0.2) is 18.7 Å². The third kappa shape index (κ3) is 5.11. The van der Waals surface area contributed by atoms with Gasteiger partial charge >= 0.3 is 6.18 Å². The second-order valence-corrected chi connectivity index (χ2v) is 7.44. The molecule has 0 aliphatic carbocycles. The summed E-state index contributed by atoms with van der Waals surface area (Å²) in [5, 5.41) is 3.65. The molecule has 1 N–H and O–H groups in total. The zero-order chi connectivity index (χ0) is 17.9. The number of benzene rings is 1. The molecule has 0 saturated heterocycles. The van der Waals surface area contributed by atoms with Crippen molar-refractivity contribution in [1.82, 2.24) is 5.32 Å². The summed E-state index contributed by atoms with van der Waals surface area (Å²) in [4.78, 5) is 12.1. The lowest BCUT2D eigenvalue weighted by Gasteiger charge is -2.11. The Morgan fingerprint density at radius 3 is 2.71 bits per heavy atom. The average molecular weight is 424 g/mol. The first-order chi connectivity index (χ1) is 11.2. The molecule has 0 saturated carbocycles. The fourth-order valence-corrected chi connectivity index (χ4v) is 3.89. The Kier molecular flexibility index (Phi) is 6.14. The lowest BCUT2D eigenvalue weighted by molar-refractivity contribution is -0.136. The highest BCUT2D eigenvalue weighted by atomic mass is 79.9. The van der Waals surface area contributed by atoms with E-state index in [0.29, 0.717) is 12.3 Å². The average Bonchev–Trinajstić information content (AvgIpc) is 2.76. The number of nitrogens with one attached hydrogen (secondary N) is 1. The first-order valence-corrected chi connectivity index (χ1v) is 8.94. The Balaban J connectivity index is 2.22. The minimum atomic E-state index is -4.17. The van der Waals surface area contributed by atoms with E-state index in [2.05, 4.69) is 21.2 Å². The van der Waals surface area contributed by atoms with Gasteiger partial charge in [-0.1, -0.05) is 0 Å². The molecule has 132 valence electrons. The van der Waals surface area contributed by atoms with Crippen molar-refractivity contribution in [2.45, 2.75) is 39.4 Å². The second kappa shape index (κ2) is 7.74. The minimum Gasteiger partial charge on any atom is -0.492 e. The number of thiophene rings is 1. The van der Waals surface area contributed by atoms with Gasteiger partial charge in [-0.3, -0.25) is 4.79 Å². The van der Waals surface area contributed by atoms with E-state index in [0.717, 1.165) is 25.0 Å². The van der Waals surface area contributed by atoms with E-state index in [9.17, 15) is 18.0 Å². The SMILES string of the molecule is CC(=O)NCc1cc(OCCCC(F)(F)F)c2sc(C)c(Br)c2c1. The lowest BCUT2D eigenvalue weighted by atomic mass is 10.1. The quantitative estimate of drug-likeness (QED) is 0.637. The summed E-state index contributed by atoms with van der Waals surface area (Å²) >= 11 is 5.05. The maximum Gasteiger partial charge on any atom is 0.389 e. The van der Waals surface area contributed by atoms with Gasteiger partial charge in [0.2, 0.25) is 5.91 Å². The number of fused-ring (bicyclic) bond motifs is 1. The van der Waals surface area contributed by atoms with E-state index in [1.165, 1.54) is 18.3 Å². The van der Waals surface area contributed by atoms with E-state index in [-0.39, 0.29) is 18.9 Å². The van der Waals surface area contributed by atoms with Gasteiger partial charge < -0.3 is 10.1 Å². The Bertz CT molecular complexity index is 743. The van der Waals surface area contributed by atoms with E-state index in [4.69, 9.17) is 4.74 Å². The predicted molar refractivity (Wildman–Crippen MR) is 92.6 cm³/mol. The van der Waals surface area contributed by atoms with Crippen LogP contribution >= 0.6 is 27.3 Å². The van der Waals surface area contributed by atoms with Gasteiger partial charge in [0.15, 0.2) is 0 Å². The summed E-state index contributed by atoms with van der Waals surface area (Å²) in [6, 6.07) is 3.72. The number of aryl methyl sites for hydroxylation is 1. The highest BCUT2D eigenvalue weighted by Crippen LogP contribution is 2.41. The molecule has 0 unspecified atom stereocenters. The van der Waals surface area contributed by atoms with E-state index >= 15 is 0 Å². The van der Waals surface area contributed by atoms with E-state index in [1.807, 2.05) is 13.0 Å². The van der Waals surface area contributed by atoms with Crippen molar-refractivity contribution >= 4 is 43.3 Å². The number of hydrogen-bond acceptors (Lipinski definition) is 3. The van der Waals surface area contributed by atoms with Crippen molar-refractivity contribution in [3.8, 4) is 5.75 Å². The minimum absolute atomic E-state index is 0.00718. The number of carbonyl (C=O) groups excluding carboxylic acids is 1. The van der Waals surface area contributed by atoms with E-state index in [1.54, 1.807) is 6.07 Å².